The molecule has 0 N–H and O–H groups in total. The van der Waals surface area contributed by atoms with Crippen molar-refractivity contribution in [2.24, 2.45) is 4.99 Å². The summed E-state index contributed by atoms with van der Waals surface area (Å²) in [6.07, 6.45) is 5.41. The van der Waals surface area contributed by atoms with E-state index in [-0.39, 0.29) is 22.8 Å². The van der Waals surface area contributed by atoms with E-state index in [2.05, 4.69) is 10.9 Å². The van der Waals surface area contributed by atoms with Crippen LogP contribution < -0.4 is 4.80 Å². The smallest absolute Gasteiger partial charge is 0.286 e. The molecular weight excluding hydrogens is 362 g/mol. The summed E-state index contributed by atoms with van der Waals surface area (Å²) in [5.74, 6) is 1.78. The Kier molecular flexibility index (Phi) is 4.65. The third-order valence-corrected chi connectivity index (χ3v) is 4.71. The van der Waals surface area contributed by atoms with Gasteiger partial charge in [0.15, 0.2) is 4.80 Å². The van der Waals surface area contributed by atoms with E-state index < -0.39 is 10.8 Å². The fraction of sp³-hybridized carbons (Fsp3) is 0.0588. The number of halogens is 1. The Hall–Kier alpha value is -2.95. The first-order valence-corrected chi connectivity index (χ1v) is 8.25. The van der Waals surface area contributed by atoms with Gasteiger partial charge in [0.1, 0.15) is 5.56 Å². The van der Waals surface area contributed by atoms with E-state index in [0.29, 0.717) is 4.80 Å². The third-order valence-electron chi connectivity index (χ3n) is 3.42. The molecule has 3 aromatic rings. The van der Waals surface area contributed by atoms with Crippen molar-refractivity contribution in [3.8, 4) is 12.3 Å². The lowest BCUT2D eigenvalue weighted by Gasteiger charge is -2.01. The number of nitrogens with zero attached hydrogens (tertiary/aromatic N) is 3. The van der Waals surface area contributed by atoms with E-state index in [0.717, 1.165) is 10.2 Å². The molecule has 0 aliphatic rings. The number of aromatic nitrogens is 1. The Morgan fingerprint density at radius 2 is 2.12 bits per heavy atom. The van der Waals surface area contributed by atoms with Crippen molar-refractivity contribution in [2.45, 2.75) is 6.54 Å². The molecule has 0 radical (unpaired) electrons. The van der Waals surface area contributed by atoms with Gasteiger partial charge in [-0.2, -0.15) is 4.99 Å². The number of nitro groups is 1. The maximum absolute atomic E-state index is 12.5. The van der Waals surface area contributed by atoms with Gasteiger partial charge in [-0.3, -0.25) is 14.9 Å². The lowest BCUT2D eigenvalue weighted by atomic mass is 10.2. The highest BCUT2D eigenvalue weighted by atomic mass is 35.5. The van der Waals surface area contributed by atoms with E-state index in [1.165, 1.54) is 29.5 Å². The van der Waals surface area contributed by atoms with Crippen molar-refractivity contribution in [1.82, 2.24) is 4.57 Å². The molecule has 1 aromatic heterocycles. The van der Waals surface area contributed by atoms with Crippen LogP contribution in [0.25, 0.3) is 10.2 Å². The van der Waals surface area contributed by atoms with Crippen LogP contribution in [0.5, 0.6) is 0 Å². The second-order valence-electron chi connectivity index (χ2n) is 4.98. The third kappa shape index (κ3) is 3.31. The quantitative estimate of drug-likeness (QED) is 0.400. The average molecular weight is 372 g/mol. The van der Waals surface area contributed by atoms with Crippen molar-refractivity contribution in [3.05, 3.63) is 68.0 Å². The SMILES string of the molecule is C#CCn1c(=NC(=O)c2cc(Cl)ccc2[N+](=O)[O-])sc2ccccc21. The van der Waals surface area contributed by atoms with Gasteiger partial charge in [0, 0.05) is 11.1 Å². The minimum atomic E-state index is -0.744. The molecule has 0 saturated carbocycles. The van der Waals surface area contributed by atoms with Gasteiger partial charge >= 0.3 is 0 Å². The molecule has 0 atom stereocenters. The number of thiazole rings is 1. The Morgan fingerprint density at radius 1 is 1.36 bits per heavy atom. The Labute approximate surface area is 151 Å². The van der Waals surface area contributed by atoms with Gasteiger partial charge in [0.2, 0.25) is 0 Å². The Balaban J connectivity index is 2.19. The van der Waals surface area contributed by atoms with E-state index in [4.69, 9.17) is 18.0 Å². The summed E-state index contributed by atoms with van der Waals surface area (Å²) in [7, 11) is 0. The standard InChI is InChI=1S/C17H10ClN3O3S/c1-2-9-20-14-5-3-4-6-15(14)25-17(20)19-16(22)12-10-11(18)7-8-13(12)21(23)24/h1,3-8,10H,9H2. The minimum absolute atomic E-state index is 0.165. The van der Waals surface area contributed by atoms with Crippen LogP contribution in [-0.2, 0) is 6.54 Å². The van der Waals surface area contributed by atoms with Crippen LogP contribution in [0.2, 0.25) is 5.02 Å². The summed E-state index contributed by atoms with van der Waals surface area (Å²) in [5.41, 5.74) is 0.336. The number of para-hydroxylation sites is 1. The van der Waals surface area contributed by atoms with Crippen molar-refractivity contribution >= 4 is 44.7 Å². The molecule has 0 fully saturated rings. The number of benzene rings is 2. The van der Waals surface area contributed by atoms with Gasteiger partial charge < -0.3 is 4.57 Å². The molecular formula is C17H10ClN3O3S. The fourth-order valence-electron chi connectivity index (χ4n) is 2.34. The Bertz CT molecular complexity index is 1110. The van der Waals surface area contributed by atoms with Crippen molar-refractivity contribution in [3.63, 3.8) is 0 Å². The lowest BCUT2D eigenvalue weighted by molar-refractivity contribution is -0.385. The van der Waals surface area contributed by atoms with Crippen molar-refractivity contribution in [1.29, 1.82) is 0 Å². The van der Waals surface area contributed by atoms with Crippen LogP contribution in [-0.4, -0.2) is 15.4 Å². The first kappa shape index (κ1) is 16.9. The van der Waals surface area contributed by atoms with Gasteiger partial charge in [-0.05, 0) is 24.3 Å². The summed E-state index contributed by atoms with van der Waals surface area (Å²) in [4.78, 5) is 27.5. The van der Waals surface area contributed by atoms with E-state index in [1.807, 2.05) is 24.3 Å². The summed E-state index contributed by atoms with van der Waals surface area (Å²) >= 11 is 7.15. The van der Waals surface area contributed by atoms with Gasteiger partial charge in [0.05, 0.1) is 21.7 Å². The molecule has 1 amide bonds. The number of nitro benzene ring substituents is 1. The second kappa shape index (κ2) is 6.89. The van der Waals surface area contributed by atoms with Gasteiger partial charge in [-0.1, -0.05) is 41.0 Å². The highest BCUT2D eigenvalue weighted by molar-refractivity contribution is 7.16. The van der Waals surface area contributed by atoms with E-state index in [1.54, 1.807) is 4.57 Å². The van der Waals surface area contributed by atoms with E-state index in [9.17, 15) is 14.9 Å². The van der Waals surface area contributed by atoms with Crippen LogP contribution in [0.1, 0.15) is 10.4 Å². The number of carbonyl (C=O) groups excluding carboxylic acids is 1. The number of hydrogen-bond donors (Lipinski definition) is 0. The minimum Gasteiger partial charge on any atom is -0.305 e. The molecule has 1 heterocycles. The molecule has 0 bridgehead atoms. The first-order chi connectivity index (χ1) is 12.0. The van der Waals surface area contributed by atoms with Crippen molar-refractivity contribution in [2.75, 3.05) is 0 Å². The second-order valence-corrected chi connectivity index (χ2v) is 6.42. The van der Waals surface area contributed by atoms with Crippen LogP contribution in [0.3, 0.4) is 0 Å². The monoisotopic (exact) mass is 371 g/mol. The Morgan fingerprint density at radius 3 is 2.84 bits per heavy atom. The highest BCUT2D eigenvalue weighted by Crippen LogP contribution is 2.23. The zero-order chi connectivity index (χ0) is 18.0. The number of fused-ring (bicyclic) bond motifs is 1. The number of terminal acetylenes is 1. The number of rotatable bonds is 3. The van der Waals surface area contributed by atoms with Crippen LogP contribution in [0.15, 0.2) is 47.5 Å². The largest absolute Gasteiger partial charge is 0.305 e. The first-order valence-electron chi connectivity index (χ1n) is 7.06. The maximum Gasteiger partial charge on any atom is 0.286 e. The van der Waals surface area contributed by atoms with Gasteiger partial charge in [-0.15, -0.1) is 6.42 Å². The summed E-state index contributed by atoms with van der Waals surface area (Å²) in [5, 5.41) is 11.4. The summed E-state index contributed by atoms with van der Waals surface area (Å²) < 4.78 is 2.62. The molecule has 0 aliphatic carbocycles. The topological polar surface area (TPSA) is 77.5 Å². The zero-order valence-corrected chi connectivity index (χ0v) is 14.3. The molecule has 3 rings (SSSR count). The van der Waals surface area contributed by atoms with Crippen LogP contribution in [0.4, 0.5) is 5.69 Å². The molecule has 8 heteroatoms. The summed E-state index contributed by atoms with van der Waals surface area (Å²) in [6, 6.07) is 11.3. The molecule has 25 heavy (non-hydrogen) atoms. The van der Waals surface area contributed by atoms with Gasteiger partial charge in [-0.25, -0.2) is 0 Å². The van der Waals surface area contributed by atoms with Gasteiger partial charge in [0.25, 0.3) is 11.6 Å². The fourth-order valence-corrected chi connectivity index (χ4v) is 3.54. The normalized spacial score (nSPS) is 11.4. The zero-order valence-electron chi connectivity index (χ0n) is 12.7. The predicted octanol–water partition coefficient (Wildman–Crippen LogP) is 3.64. The van der Waals surface area contributed by atoms with Crippen molar-refractivity contribution < 1.29 is 9.72 Å². The molecule has 2 aromatic carbocycles. The number of hydrogen-bond acceptors (Lipinski definition) is 4. The van der Waals surface area contributed by atoms with Crippen LogP contribution >= 0.6 is 22.9 Å². The molecule has 0 spiro atoms. The molecule has 6 nitrogen and oxygen atoms in total. The number of amides is 1. The van der Waals surface area contributed by atoms with Crippen LogP contribution in [0, 0.1) is 22.5 Å². The molecule has 0 saturated heterocycles. The predicted molar refractivity (Wildman–Crippen MR) is 96.6 cm³/mol. The van der Waals surface area contributed by atoms with E-state index >= 15 is 0 Å². The molecule has 0 aliphatic heterocycles. The lowest BCUT2D eigenvalue weighted by Crippen LogP contribution is -2.16. The summed E-state index contributed by atoms with van der Waals surface area (Å²) in [6.45, 7) is 0.230. The molecule has 0 unspecified atom stereocenters. The molecule has 124 valence electrons. The number of carbonyl (C=O) groups is 1. The highest BCUT2D eigenvalue weighted by Gasteiger charge is 2.20. The average Bonchev–Trinajstić information content (AvgIpc) is 2.92. The maximum atomic E-state index is 12.5.